The van der Waals surface area contributed by atoms with Crippen LogP contribution in [0.1, 0.15) is 73.5 Å². The molecule has 0 aliphatic heterocycles. The summed E-state index contributed by atoms with van der Waals surface area (Å²) >= 11 is 0. The van der Waals surface area contributed by atoms with Gasteiger partial charge in [0.05, 0.1) is 6.54 Å². The number of carbonyl (C=O) groups is 2. The van der Waals surface area contributed by atoms with E-state index in [-0.39, 0.29) is 30.2 Å². The minimum Gasteiger partial charge on any atom is -0.345 e. The van der Waals surface area contributed by atoms with Crippen LogP contribution in [0, 0.1) is 5.82 Å². The van der Waals surface area contributed by atoms with Gasteiger partial charge in [-0.2, -0.15) is 0 Å². The van der Waals surface area contributed by atoms with Crippen molar-refractivity contribution in [3.63, 3.8) is 0 Å². The molecule has 1 heterocycles. The Bertz CT molecular complexity index is 1460. The number of benzene rings is 3. The largest absolute Gasteiger partial charge is 0.345 e. The van der Waals surface area contributed by atoms with Gasteiger partial charge in [0.2, 0.25) is 5.91 Å². The molecule has 1 fully saturated rings. The zero-order valence-electron chi connectivity index (χ0n) is 24.0. The molecule has 5 rings (SSSR count). The van der Waals surface area contributed by atoms with E-state index in [0.29, 0.717) is 25.2 Å². The molecule has 2 amide bonds. The molecule has 5 nitrogen and oxygen atoms in total. The first-order chi connectivity index (χ1) is 20.0. The lowest BCUT2D eigenvalue weighted by Gasteiger charge is -2.36. The molecule has 0 N–H and O–H groups in total. The topological polar surface area (TPSA) is 45.6 Å². The summed E-state index contributed by atoms with van der Waals surface area (Å²) in [7, 11) is 0. The maximum atomic E-state index is 14.1. The van der Waals surface area contributed by atoms with Gasteiger partial charge in [-0.05, 0) is 72.0 Å². The van der Waals surface area contributed by atoms with Crippen LogP contribution < -0.4 is 0 Å². The number of hydrogen-bond donors (Lipinski definition) is 0. The second-order valence-electron chi connectivity index (χ2n) is 11.2. The van der Waals surface area contributed by atoms with Crippen LogP contribution in [-0.4, -0.2) is 45.3 Å². The lowest BCUT2D eigenvalue weighted by molar-refractivity contribution is -0.135. The highest BCUT2D eigenvalue weighted by Gasteiger charge is 2.29. The lowest BCUT2D eigenvalue weighted by atomic mass is 9.94. The fourth-order valence-corrected chi connectivity index (χ4v) is 5.88. The van der Waals surface area contributed by atoms with E-state index >= 15 is 0 Å². The van der Waals surface area contributed by atoms with Crippen LogP contribution in [0.2, 0.25) is 0 Å². The Kier molecular flexibility index (Phi) is 9.50. The van der Waals surface area contributed by atoms with Crippen molar-refractivity contribution >= 4 is 22.6 Å². The molecule has 41 heavy (non-hydrogen) atoms. The summed E-state index contributed by atoms with van der Waals surface area (Å²) in [6.45, 7) is 3.82. The molecule has 6 heteroatoms. The predicted molar refractivity (Wildman–Crippen MR) is 162 cm³/mol. The third-order valence-electron chi connectivity index (χ3n) is 8.25. The minimum atomic E-state index is -0.249. The monoisotopic (exact) mass is 553 g/mol. The second-order valence-corrected chi connectivity index (χ2v) is 11.2. The normalized spacial score (nSPS) is 13.8. The fraction of sp³-hybridized carbons (Fsp3) is 0.371. The molecule has 3 aromatic carbocycles. The van der Waals surface area contributed by atoms with Crippen LogP contribution in [0.15, 0.2) is 85.1 Å². The highest BCUT2D eigenvalue weighted by molar-refractivity contribution is 6.00. The second kappa shape index (κ2) is 13.6. The van der Waals surface area contributed by atoms with Gasteiger partial charge in [-0.3, -0.25) is 9.59 Å². The van der Waals surface area contributed by atoms with Crippen LogP contribution in [-0.2, 0) is 17.9 Å². The summed E-state index contributed by atoms with van der Waals surface area (Å²) in [5.74, 6) is -0.348. The number of hydrogen-bond acceptors (Lipinski definition) is 2. The van der Waals surface area contributed by atoms with Gasteiger partial charge >= 0.3 is 0 Å². The lowest BCUT2D eigenvalue weighted by Crippen LogP contribution is -2.47. The molecule has 0 radical (unpaired) electrons. The smallest absolute Gasteiger partial charge is 0.254 e. The van der Waals surface area contributed by atoms with E-state index in [1.807, 2.05) is 59.6 Å². The van der Waals surface area contributed by atoms with Crippen molar-refractivity contribution < 1.29 is 14.0 Å². The molecule has 1 aromatic heterocycles. The first-order valence-corrected chi connectivity index (χ1v) is 15.0. The van der Waals surface area contributed by atoms with E-state index in [2.05, 4.69) is 17.6 Å². The number of aromatic nitrogens is 1. The molecule has 0 spiro atoms. The van der Waals surface area contributed by atoms with Crippen LogP contribution in [0.25, 0.3) is 10.8 Å². The first-order valence-electron chi connectivity index (χ1n) is 15.0. The van der Waals surface area contributed by atoms with Crippen molar-refractivity contribution in [1.82, 2.24) is 14.4 Å². The van der Waals surface area contributed by atoms with Crippen molar-refractivity contribution in [2.45, 2.75) is 71.0 Å². The Hall–Kier alpha value is -3.93. The molecule has 0 atom stereocenters. The minimum absolute atomic E-state index is 0.00308. The summed E-state index contributed by atoms with van der Waals surface area (Å²) in [5, 5.41) is 2.11. The number of amides is 2. The Morgan fingerprint density at radius 1 is 0.902 bits per heavy atom. The molecular weight excluding hydrogens is 513 g/mol. The molecule has 0 saturated heterocycles. The van der Waals surface area contributed by atoms with Gasteiger partial charge in [-0.1, -0.05) is 75.1 Å². The van der Waals surface area contributed by atoms with Gasteiger partial charge in [0.15, 0.2) is 0 Å². The van der Waals surface area contributed by atoms with E-state index < -0.39 is 0 Å². The summed E-state index contributed by atoms with van der Waals surface area (Å²) in [4.78, 5) is 31.6. The molecule has 4 aromatic rings. The SMILES string of the molecule is CCCCN(CC(=O)N(Cc1cccn1Cc1ccc(F)cc1)C1CCCCC1)C(=O)c1ccc2ccccc2c1. The molecule has 1 aliphatic carbocycles. The standard InChI is InChI=1S/C35H40FN3O2/c1-2-3-21-38(35(41)30-18-17-28-10-7-8-11-29(28)23-30)26-34(40)39(32-12-5-4-6-13-32)25-33-14-9-22-37(33)24-27-15-19-31(36)20-16-27/h7-11,14-20,22-23,32H,2-6,12-13,21,24-26H2,1H3. The van der Waals surface area contributed by atoms with E-state index in [9.17, 15) is 14.0 Å². The van der Waals surface area contributed by atoms with Crippen molar-refractivity contribution in [2.24, 2.45) is 0 Å². The summed E-state index contributed by atoms with van der Waals surface area (Å²) < 4.78 is 15.6. The Morgan fingerprint density at radius 3 is 2.41 bits per heavy atom. The van der Waals surface area contributed by atoms with Crippen LogP contribution in [0.5, 0.6) is 0 Å². The van der Waals surface area contributed by atoms with Gasteiger partial charge in [0, 0.05) is 36.6 Å². The van der Waals surface area contributed by atoms with E-state index in [1.165, 1.54) is 18.6 Å². The zero-order valence-corrected chi connectivity index (χ0v) is 24.0. The van der Waals surface area contributed by atoms with Crippen LogP contribution in [0.4, 0.5) is 4.39 Å². The molecule has 0 bridgehead atoms. The maximum absolute atomic E-state index is 14.1. The Balaban J connectivity index is 1.36. The highest BCUT2D eigenvalue weighted by atomic mass is 19.1. The zero-order chi connectivity index (χ0) is 28.6. The van der Waals surface area contributed by atoms with E-state index in [1.54, 1.807) is 17.0 Å². The summed E-state index contributed by atoms with van der Waals surface area (Å²) in [6.07, 6.45) is 9.19. The summed E-state index contributed by atoms with van der Waals surface area (Å²) in [6, 6.07) is 24.6. The van der Waals surface area contributed by atoms with Crippen molar-refractivity contribution in [3.05, 3.63) is 108 Å². The predicted octanol–water partition coefficient (Wildman–Crippen LogP) is 7.43. The average Bonchev–Trinajstić information content (AvgIpc) is 3.45. The number of halogens is 1. The van der Waals surface area contributed by atoms with Crippen molar-refractivity contribution in [2.75, 3.05) is 13.1 Å². The average molecular weight is 554 g/mol. The Morgan fingerprint density at radius 2 is 1.66 bits per heavy atom. The van der Waals surface area contributed by atoms with Crippen molar-refractivity contribution in [3.8, 4) is 0 Å². The number of fused-ring (bicyclic) bond motifs is 1. The maximum Gasteiger partial charge on any atom is 0.254 e. The van der Waals surface area contributed by atoms with Gasteiger partial charge in [-0.25, -0.2) is 4.39 Å². The third kappa shape index (κ3) is 7.24. The molecule has 0 unspecified atom stereocenters. The molecule has 1 saturated carbocycles. The van der Waals surface area contributed by atoms with Crippen LogP contribution >= 0.6 is 0 Å². The number of unbranched alkanes of at least 4 members (excludes halogenated alkanes) is 1. The number of rotatable bonds is 11. The highest BCUT2D eigenvalue weighted by Crippen LogP contribution is 2.25. The quantitative estimate of drug-likeness (QED) is 0.194. The van der Waals surface area contributed by atoms with Crippen molar-refractivity contribution in [1.29, 1.82) is 0 Å². The van der Waals surface area contributed by atoms with E-state index in [4.69, 9.17) is 0 Å². The van der Waals surface area contributed by atoms with E-state index in [0.717, 1.165) is 60.6 Å². The van der Waals surface area contributed by atoms with Crippen LogP contribution in [0.3, 0.4) is 0 Å². The summed E-state index contributed by atoms with van der Waals surface area (Å²) in [5.41, 5.74) is 2.66. The van der Waals surface area contributed by atoms with Gasteiger partial charge in [0.25, 0.3) is 5.91 Å². The third-order valence-corrected chi connectivity index (χ3v) is 8.25. The van der Waals surface area contributed by atoms with Gasteiger partial charge < -0.3 is 14.4 Å². The molecule has 214 valence electrons. The Labute approximate surface area is 242 Å². The number of carbonyl (C=O) groups excluding carboxylic acids is 2. The fourth-order valence-electron chi connectivity index (χ4n) is 5.88. The number of nitrogens with zero attached hydrogens (tertiary/aromatic N) is 3. The van der Waals surface area contributed by atoms with Gasteiger partial charge in [0.1, 0.15) is 12.4 Å². The molecular formula is C35H40FN3O2. The van der Waals surface area contributed by atoms with Gasteiger partial charge in [-0.15, -0.1) is 0 Å². The first kappa shape index (κ1) is 28.6. The molecule has 1 aliphatic rings.